The first-order valence-corrected chi connectivity index (χ1v) is 6.46. The van der Waals surface area contributed by atoms with Gasteiger partial charge in [0.05, 0.1) is 12.4 Å². The molecule has 1 aromatic rings. The molecule has 0 saturated carbocycles. The Morgan fingerprint density at radius 2 is 2.38 bits per heavy atom. The number of anilines is 1. The van der Waals surface area contributed by atoms with Crippen molar-refractivity contribution in [2.24, 2.45) is 0 Å². The minimum atomic E-state index is -0.0194. The van der Waals surface area contributed by atoms with E-state index in [4.69, 9.17) is 4.74 Å². The smallest absolute Gasteiger partial charge is 0.230 e. The molecule has 0 bridgehead atoms. The Morgan fingerprint density at radius 3 is 3.06 bits per heavy atom. The van der Waals surface area contributed by atoms with E-state index in [0.29, 0.717) is 18.9 Å². The fraction of sp³-hybridized carbons (Fsp3) is 0.625. The number of thioether (sulfide) groups is 1. The Labute approximate surface area is 102 Å². The number of nitrogens with zero attached hydrogens (tertiary/aromatic N) is 2. The SMILES string of the molecule is CNC(=O)CSc1nnc(NCCOC)s1. The number of hydrogen-bond acceptors (Lipinski definition) is 7. The summed E-state index contributed by atoms with van der Waals surface area (Å²) >= 11 is 2.80. The standard InChI is InChI=1S/C8H14N4O2S2/c1-9-6(13)5-15-8-12-11-7(16-8)10-3-4-14-2/h3-5H2,1-2H3,(H,9,13)(H,10,11). The zero-order valence-electron chi connectivity index (χ0n) is 9.15. The van der Waals surface area contributed by atoms with Crippen LogP contribution in [0.2, 0.25) is 0 Å². The van der Waals surface area contributed by atoms with E-state index < -0.39 is 0 Å². The summed E-state index contributed by atoms with van der Waals surface area (Å²) in [5.74, 6) is 0.345. The lowest BCUT2D eigenvalue weighted by atomic mass is 10.7. The first kappa shape index (κ1) is 13.2. The van der Waals surface area contributed by atoms with Crippen LogP contribution < -0.4 is 10.6 Å². The Kier molecular flexibility index (Phi) is 6.12. The molecule has 16 heavy (non-hydrogen) atoms. The Balaban J connectivity index is 2.30. The lowest BCUT2D eigenvalue weighted by Crippen LogP contribution is -2.19. The normalized spacial score (nSPS) is 10.1. The molecular formula is C8H14N4O2S2. The number of ether oxygens (including phenoxy) is 1. The van der Waals surface area contributed by atoms with Crippen LogP contribution in [0.3, 0.4) is 0 Å². The third-order valence-corrected chi connectivity index (χ3v) is 3.61. The lowest BCUT2D eigenvalue weighted by Gasteiger charge is -1.98. The summed E-state index contributed by atoms with van der Waals surface area (Å²) in [7, 11) is 3.26. The van der Waals surface area contributed by atoms with Crippen LogP contribution in [0.4, 0.5) is 5.13 Å². The van der Waals surface area contributed by atoms with Crippen LogP contribution in [0.25, 0.3) is 0 Å². The van der Waals surface area contributed by atoms with Crippen LogP contribution in [0, 0.1) is 0 Å². The van der Waals surface area contributed by atoms with Crippen molar-refractivity contribution in [3.63, 3.8) is 0 Å². The number of carbonyl (C=O) groups is 1. The summed E-state index contributed by atoms with van der Waals surface area (Å²) in [6.07, 6.45) is 0. The third kappa shape index (κ3) is 4.77. The van der Waals surface area contributed by atoms with E-state index >= 15 is 0 Å². The van der Waals surface area contributed by atoms with Crippen molar-refractivity contribution in [2.75, 3.05) is 38.4 Å². The van der Waals surface area contributed by atoms with Gasteiger partial charge in [0.2, 0.25) is 11.0 Å². The van der Waals surface area contributed by atoms with Crippen LogP contribution in [0.1, 0.15) is 0 Å². The van der Waals surface area contributed by atoms with Gasteiger partial charge in [-0.05, 0) is 0 Å². The molecule has 0 saturated heterocycles. The quantitative estimate of drug-likeness (QED) is 0.548. The highest BCUT2D eigenvalue weighted by Gasteiger charge is 2.06. The molecule has 1 amide bonds. The molecule has 0 aliphatic heterocycles. The summed E-state index contributed by atoms with van der Waals surface area (Å²) in [6.45, 7) is 1.32. The molecule has 0 unspecified atom stereocenters. The molecule has 0 aromatic carbocycles. The largest absolute Gasteiger partial charge is 0.383 e. The first-order chi connectivity index (χ1) is 7.76. The third-order valence-electron chi connectivity index (χ3n) is 1.59. The number of aromatic nitrogens is 2. The highest BCUT2D eigenvalue weighted by atomic mass is 32.2. The zero-order valence-corrected chi connectivity index (χ0v) is 10.8. The number of methoxy groups -OCH3 is 1. The number of carbonyl (C=O) groups excluding carboxylic acids is 1. The van der Waals surface area contributed by atoms with Crippen LogP contribution in [-0.2, 0) is 9.53 Å². The summed E-state index contributed by atoms with van der Waals surface area (Å²) < 4.78 is 5.68. The summed E-state index contributed by atoms with van der Waals surface area (Å²) in [4.78, 5) is 11.0. The maximum atomic E-state index is 11.0. The molecule has 1 rings (SSSR count). The van der Waals surface area contributed by atoms with Gasteiger partial charge in [0, 0.05) is 20.7 Å². The highest BCUT2D eigenvalue weighted by molar-refractivity contribution is 8.01. The van der Waals surface area contributed by atoms with Gasteiger partial charge in [0.1, 0.15) is 0 Å². The second-order valence-corrected chi connectivity index (χ2v) is 4.95. The van der Waals surface area contributed by atoms with E-state index in [1.165, 1.54) is 23.1 Å². The summed E-state index contributed by atoms with van der Waals surface area (Å²) in [6, 6.07) is 0. The van der Waals surface area contributed by atoms with Gasteiger partial charge in [0.25, 0.3) is 0 Å². The molecule has 0 fully saturated rings. The van der Waals surface area contributed by atoms with Crippen molar-refractivity contribution in [1.29, 1.82) is 0 Å². The van der Waals surface area contributed by atoms with Gasteiger partial charge < -0.3 is 15.4 Å². The molecule has 8 heteroatoms. The Hall–Kier alpha value is -0.860. The van der Waals surface area contributed by atoms with Crippen LogP contribution in [0.15, 0.2) is 4.34 Å². The summed E-state index contributed by atoms with van der Waals surface area (Å²) in [5, 5.41) is 14.3. The van der Waals surface area contributed by atoms with E-state index in [2.05, 4.69) is 20.8 Å². The molecule has 1 heterocycles. The van der Waals surface area contributed by atoms with Gasteiger partial charge in [-0.15, -0.1) is 10.2 Å². The van der Waals surface area contributed by atoms with Crippen molar-refractivity contribution in [1.82, 2.24) is 15.5 Å². The van der Waals surface area contributed by atoms with Gasteiger partial charge in [-0.25, -0.2) is 0 Å². The predicted octanol–water partition coefficient (Wildman–Crippen LogP) is 0.434. The van der Waals surface area contributed by atoms with Gasteiger partial charge >= 0.3 is 0 Å². The molecule has 1 aromatic heterocycles. The molecule has 6 nitrogen and oxygen atoms in total. The fourth-order valence-electron chi connectivity index (χ4n) is 0.799. The van der Waals surface area contributed by atoms with E-state index in [1.54, 1.807) is 14.2 Å². The fourth-order valence-corrected chi connectivity index (χ4v) is 2.45. The predicted molar refractivity (Wildman–Crippen MR) is 65.1 cm³/mol. The highest BCUT2D eigenvalue weighted by Crippen LogP contribution is 2.24. The minimum Gasteiger partial charge on any atom is -0.383 e. The van der Waals surface area contributed by atoms with Crippen molar-refractivity contribution in [2.45, 2.75) is 4.34 Å². The van der Waals surface area contributed by atoms with Crippen LogP contribution >= 0.6 is 23.1 Å². The molecule has 0 aliphatic rings. The molecule has 0 radical (unpaired) electrons. The van der Waals surface area contributed by atoms with E-state index in [-0.39, 0.29) is 5.91 Å². The van der Waals surface area contributed by atoms with Crippen LogP contribution in [-0.4, -0.2) is 49.2 Å². The average molecular weight is 262 g/mol. The average Bonchev–Trinajstić information content (AvgIpc) is 2.74. The Bertz CT molecular complexity index is 332. The molecule has 0 aliphatic carbocycles. The maximum Gasteiger partial charge on any atom is 0.230 e. The van der Waals surface area contributed by atoms with E-state index in [9.17, 15) is 4.79 Å². The topological polar surface area (TPSA) is 76.1 Å². The van der Waals surface area contributed by atoms with Gasteiger partial charge in [-0.3, -0.25) is 4.79 Å². The Morgan fingerprint density at radius 1 is 1.56 bits per heavy atom. The maximum absolute atomic E-state index is 11.0. The number of nitrogens with one attached hydrogen (secondary N) is 2. The number of amides is 1. The lowest BCUT2D eigenvalue weighted by molar-refractivity contribution is -0.118. The number of rotatable bonds is 7. The number of hydrogen-bond donors (Lipinski definition) is 2. The second kappa shape index (κ2) is 7.42. The van der Waals surface area contributed by atoms with Crippen molar-refractivity contribution < 1.29 is 9.53 Å². The molecule has 0 spiro atoms. The van der Waals surface area contributed by atoms with Crippen molar-refractivity contribution in [3.8, 4) is 0 Å². The van der Waals surface area contributed by atoms with Gasteiger partial charge in [0.15, 0.2) is 4.34 Å². The monoisotopic (exact) mass is 262 g/mol. The molecule has 90 valence electrons. The van der Waals surface area contributed by atoms with Gasteiger partial charge in [-0.1, -0.05) is 23.1 Å². The van der Waals surface area contributed by atoms with Crippen molar-refractivity contribution >= 4 is 34.1 Å². The summed E-state index contributed by atoms with van der Waals surface area (Å²) in [5.41, 5.74) is 0. The molecular weight excluding hydrogens is 248 g/mol. The van der Waals surface area contributed by atoms with Gasteiger partial charge in [-0.2, -0.15) is 0 Å². The van der Waals surface area contributed by atoms with Crippen molar-refractivity contribution in [3.05, 3.63) is 0 Å². The zero-order chi connectivity index (χ0) is 11.8. The first-order valence-electron chi connectivity index (χ1n) is 4.66. The minimum absolute atomic E-state index is 0.0194. The van der Waals surface area contributed by atoms with Crippen LogP contribution in [0.5, 0.6) is 0 Å². The second-order valence-electron chi connectivity index (χ2n) is 2.75. The van der Waals surface area contributed by atoms with E-state index in [1.807, 2.05) is 0 Å². The van der Waals surface area contributed by atoms with E-state index in [0.717, 1.165) is 9.47 Å². The molecule has 2 N–H and O–H groups in total. The molecule has 0 atom stereocenters.